The zero-order chi connectivity index (χ0) is 17.8. The van der Waals surface area contributed by atoms with Crippen molar-refractivity contribution in [1.29, 1.82) is 0 Å². The number of carbonyl (C=O) groups is 1. The number of nitrogens with one attached hydrogen (secondary N) is 1. The molecule has 2 heterocycles. The first-order chi connectivity index (χ1) is 12.0. The lowest BCUT2D eigenvalue weighted by atomic mass is 10.0. The number of hydrogen-bond donors (Lipinski definition) is 2. The normalized spacial score (nSPS) is 13.9. The highest BCUT2D eigenvalue weighted by Gasteiger charge is 2.12. The zero-order valence-electron chi connectivity index (χ0n) is 14.2. The first-order valence-electron chi connectivity index (χ1n) is 8.00. The lowest BCUT2D eigenvalue weighted by molar-refractivity contribution is -0.118. The van der Waals surface area contributed by atoms with Crippen molar-refractivity contribution in [2.45, 2.75) is 13.8 Å². The number of aryl methyl sites for hydroxylation is 2. The van der Waals surface area contributed by atoms with Crippen LogP contribution in [0.1, 0.15) is 17.0 Å². The number of nitrogens with two attached hydrogens (primary N) is 1. The van der Waals surface area contributed by atoms with Crippen LogP contribution in [-0.4, -0.2) is 29.0 Å². The minimum atomic E-state index is -0.225. The monoisotopic (exact) mass is 352 g/mol. The number of thioether (sulfide) groups is 1. The lowest BCUT2D eigenvalue weighted by Crippen LogP contribution is -2.37. The van der Waals surface area contributed by atoms with Gasteiger partial charge in [0.1, 0.15) is 5.84 Å². The maximum absolute atomic E-state index is 11.5. The van der Waals surface area contributed by atoms with Crippen LogP contribution in [0.4, 0.5) is 0 Å². The first-order valence-corrected chi connectivity index (χ1v) is 9.05. The van der Waals surface area contributed by atoms with Crippen molar-refractivity contribution in [3.8, 4) is 11.1 Å². The molecular weight excluding hydrogens is 332 g/mol. The zero-order valence-corrected chi connectivity index (χ0v) is 15.1. The molecule has 1 aromatic carbocycles. The largest absolute Gasteiger partial charge is 0.322 e. The van der Waals surface area contributed by atoms with Gasteiger partial charge in [-0.05, 0) is 48.6 Å². The Balaban J connectivity index is 1.91. The Morgan fingerprint density at radius 1 is 1.16 bits per heavy atom. The van der Waals surface area contributed by atoms with E-state index >= 15 is 0 Å². The number of aliphatic imine (C=N–C) groups is 1. The van der Waals surface area contributed by atoms with Gasteiger partial charge in [0.05, 0.1) is 18.0 Å². The first kappa shape index (κ1) is 17.4. The van der Waals surface area contributed by atoms with E-state index in [0.29, 0.717) is 11.6 Å². The van der Waals surface area contributed by atoms with Crippen LogP contribution >= 0.6 is 11.8 Å². The number of benzene rings is 1. The number of aromatic nitrogens is 1. The van der Waals surface area contributed by atoms with Gasteiger partial charge in [0.25, 0.3) is 0 Å². The minimum Gasteiger partial charge on any atom is -0.322 e. The van der Waals surface area contributed by atoms with Crippen LogP contribution in [0.5, 0.6) is 0 Å². The third-order valence-corrected chi connectivity index (χ3v) is 4.54. The summed E-state index contributed by atoms with van der Waals surface area (Å²) in [5, 5.41) is 4.76. The molecule has 3 rings (SSSR count). The Morgan fingerprint density at radius 3 is 2.60 bits per heavy atom. The van der Waals surface area contributed by atoms with Crippen LogP contribution in [0.25, 0.3) is 16.8 Å². The molecule has 0 bridgehead atoms. The van der Waals surface area contributed by atoms with Gasteiger partial charge >= 0.3 is 0 Å². The Kier molecular flexibility index (Phi) is 5.31. The van der Waals surface area contributed by atoms with Crippen LogP contribution in [-0.2, 0) is 4.79 Å². The number of pyridine rings is 1. The Bertz CT molecular complexity index is 853. The van der Waals surface area contributed by atoms with Crippen LogP contribution in [0.3, 0.4) is 0 Å². The SMILES string of the molecule is Cc1cc(-c2cccc(C3=CSCC(NC(=O)CN)=N3)c2)cc(C)n1. The van der Waals surface area contributed by atoms with E-state index < -0.39 is 0 Å². The predicted octanol–water partition coefficient (Wildman–Crippen LogP) is 2.88. The number of amidine groups is 1. The van der Waals surface area contributed by atoms with Gasteiger partial charge in [0.2, 0.25) is 5.91 Å². The van der Waals surface area contributed by atoms with Gasteiger partial charge < -0.3 is 11.1 Å². The maximum atomic E-state index is 11.5. The van der Waals surface area contributed by atoms with Crippen molar-refractivity contribution in [3.63, 3.8) is 0 Å². The summed E-state index contributed by atoms with van der Waals surface area (Å²) in [5.41, 5.74) is 11.4. The standard InChI is InChI=1S/C19H20N4OS/c1-12-6-16(7-13(2)21-12)14-4-3-5-15(8-14)17-10-25-11-18(22-17)23-19(24)9-20/h3-8,10H,9,11,20H2,1-2H3,(H,22,23,24). The second-order valence-electron chi connectivity index (χ2n) is 5.84. The fraction of sp³-hybridized carbons (Fsp3) is 0.211. The summed E-state index contributed by atoms with van der Waals surface area (Å²) in [5.74, 6) is 1.05. The summed E-state index contributed by atoms with van der Waals surface area (Å²) < 4.78 is 0. The number of carbonyl (C=O) groups excluding carboxylic acids is 1. The Morgan fingerprint density at radius 2 is 1.88 bits per heavy atom. The van der Waals surface area contributed by atoms with Crippen molar-refractivity contribution in [2.75, 3.05) is 12.3 Å². The Labute approximate surface area is 151 Å². The average Bonchev–Trinajstić information content (AvgIpc) is 2.61. The molecule has 0 spiro atoms. The van der Waals surface area contributed by atoms with Gasteiger partial charge in [-0.3, -0.25) is 9.78 Å². The second-order valence-corrected chi connectivity index (χ2v) is 6.70. The number of hydrogen-bond acceptors (Lipinski definition) is 5. The highest BCUT2D eigenvalue weighted by Crippen LogP contribution is 2.28. The van der Waals surface area contributed by atoms with Gasteiger partial charge in [-0.25, -0.2) is 4.99 Å². The third kappa shape index (κ3) is 4.35. The van der Waals surface area contributed by atoms with E-state index in [-0.39, 0.29) is 12.5 Å². The van der Waals surface area contributed by atoms with Crippen LogP contribution in [0.15, 0.2) is 46.8 Å². The topological polar surface area (TPSA) is 80.4 Å². The molecule has 1 aliphatic rings. The molecule has 1 aliphatic heterocycles. The van der Waals surface area contributed by atoms with E-state index in [1.165, 1.54) is 0 Å². The molecule has 1 aromatic heterocycles. The van der Waals surface area contributed by atoms with E-state index in [4.69, 9.17) is 5.73 Å². The molecule has 0 radical (unpaired) electrons. The van der Waals surface area contributed by atoms with Gasteiger partial charge in [0, 0.05) is 17.0 Å². The summed E-state index contributed by atoms with van der Waals surface area (Å²) >= 11 is 1.61. The molecule has 0 saturated carbocycles. The van der Waals surface area contributed by atoms with E-state index in [2.05, 4.69) is 39.6 Å². The summed E-state index contributed by atoms with van der Waals surface area (Å²) in [6, 6.07) is 12.4. The number of amides is 1. The highest BCUT2D eigenvalue weighted by atomic mass is 32.2. The van der Waals surface area contributed by atoms with E-state index in [1.54, 1.807) is 11.8 Å². The van der Waals surface area contributed by atoms with E-state index in [9.17, 15) is 4.79 Å². The van der Waals surface area contributed by atoms with Gasteiger partial charge in [-0.1, -0.05) is 18.2 Å². The number of rotatable bonds is 3. The smallest absolute Gasteiger partial charge is 0.239 e. The fourth-order valence-corrected chi connectivity index (χ4v) is 3.40. The third-order valence-electron chi connectivity index (χ3n) is 3.71. The molecule has 0 fully saturated rings. The molecular formula is C19H20N4OS. The van der Waals surface area contributed by atoms with Crippen molar-refractivity contribution >= 4 is 29.2 Å². The molecule has 2 aromatic rings. The molecule has 25 heavy (non-hydrogen) atoms. The van der Waals surface area contributed by atoms with Crippen molar-refractivity contribution in [1.82, 2.24) is 10.3 Å². The number of nitrogens with zero attached hydrogens (tertiary/aromatic N) is 2. The van der Waals surface area contributed by atoms with Gasteiger partial charge in [0.15, 0.2) is 0 Å². The maximum Gasteiger partial charge on any atom is 0.239 e. The van der Waals surface area contributed by atoms with E-state index in [1.807, 2.05) is 31.4 Å². The summed E-state index contributed by atoms with van der Waals surface area (Å²) in [6.07, 6.45) is 0. The van der Waals surface area contributed by atoms with Crippen LogP contribution in [0, 0.1) is 13.8 Å². The van der Waals surface area contributed by atoms with Crippen LogP contribution in [0.2, 0.25) is 0 Å². The van der Waals surface area contributed by atoms with Crippen molar-refractivity contribution in [2.24, 2.45) is 10.7 Å². The van der Waals surface area contributed by atoms with Crippen LogP contribution < -0.4 is 11.1 Å². The van der Waals surface area contributed by atoms with Gasteiger partial charge in [-0.2, -0.15) is 0 Å². The second kappa shape index (κ2) is 7.63. The molecule has 0 saturated heterocycles. The quantitative estimate of drug-likeness (QED) is 0.890. The molecule has 6 heteroatoms. The predicted molar refractivity (Wildman–Crippen MR) is 104 cm³/mol. The molecule has 0 unspecified atom stereocenters. The minimum absolute atomic E-state index is 0.0427. The highest BCUT2D eigenvalue weighted by molar-refractivity contribution is 8.03. The van der Waals surface area contributed by atoms with Gasteiger partial charge in [-0.15, -0.1) is 11.8 Å². The lowest BCUT2D eigenvalue weighted by Gasteiger charge is -2.14. The summed E-state index contributed by atoms with van der Waals surface area (Å²) in [4.78, 5) is 20.5. The molecule has 0 aliphatic carbocycles. The summed E-state index contributed by atoms with van der Waals surface area (Å²) in [6.45, 7) is 3.95. The van der Waals surface area contributed by atoms with Crippen molar-refractivity contribution in [3.05, 3.63) is 58.8 Å². The molecule has 1 amide bonds. The molecule has 0 atom stereocenters. The summed E-state index contributed by atoms with van der Waals surface area (Å²) in [7, 11) is 0. The molecule has 3 N–H and O–H groups in total. The molecule has 5 nitrogen and oxygen atoms in total. The van der Waals surface area contributed by atoms with Crippen molar-refractivity contribution < 1.29 is 4.79 Å². The Hall–Kier alpha value is -2.44. The molecule has 128 valence electrons. The van der Waals surface area contributed by atoms with E-state index in [0.717, 1.165) is 33.8 Å². The average molecular weight is 352 g/mol. The fourth-order valence-electron chi connectivity index (χ4n) is 2.67.